The first-order valence-electron chi connectivity index (χ1n) is 5.04. The van der Waals surface area contributed by atoms with Crippen LogP contribution < -0.4 is 0 Å². The van der Waals surface area contributed by atoms with Crippen LogP contribution in [0.15, 0.2) is 0 Å². The Morgan fingerprint density at radius 1 is 1.54 bits per heavy atom. The van der Waals surface area contributed by atoms with E-state index in [1.54, 1.807) is 0 Å². The highest BCUT2D eigenvalue weighted by Gasteiger charge is 2.25. The molecule has 0 bridgehead atoms. The van der Waals surface area contributed by atoms with Gasteiger partial charge in [0.05, 0.1) is 11.7 Å². The molecule has 0 unspecified atom stereocenters. The molecule has 1 fully saturated rings. The summed E-state index contributed by atoms with van der Waals surface area (Å²) in [5.41, 5.74) is -0.0641. The highest BCUT2D eigenvalue weighted by Crippen LogP contribution is 2.16. The van der Waals surface area contributed by atoms with Gasteiger partial charge in [-0.2, -0.15) is 0 Å². The van der Waals surface area contributed by atoms with Gasteiger partial charge in [0.2, 0.25) is 0 Å². The van der Waals surface area contributed by atoms with Gasteiger partial charge in [0.1, 0.15) is 0 Å². The Labute approximate surface area is 80.7 Å². The molecule has 1 rings (SSSR count). The molecule has 0 aromatic rings. The van der Waals surface area contributed by atoms with Crippen LogP contribution in [-0.2, 0) is 4.74 Å². The minimum Gasteiger partial charge on any atom is -0.392 e. The van der Waals surface area contributed by atoms with Crippen LogP contribution in [0.2, 0.25) is 0 Å². The number of nitrogens with zero attached hydrogens (tertiary/aromatic N) is 1. The van der Waals surface area contributed by atoms with E-state index in [-0.39, 0.29) is 11.7 Å². The summed E-state index contributed by atoms with van der Waals surface area (Å²) in [5.74, 6) is 0. The van der Waals surface area contributed by atoms with E-state index in [1.807, 2.05) is 6.92 Å². The SMILES string of the molecule is C[C@@H](O)CN1CCCOC(C)(C)C1. The van der Waals surface area contributed by atoms with Crippen molar-refractivity contribution in [1.29, 1.82) is 0 Å². The molecule has 0 spiro atoms. The number of ether oxygens (including phenoxy) is 1. The molecule has 0 aromatic heterocycles. The highest BCUT2D eigenvalue weighted by atomic mass is 16.5. The Kier molecular flexibility index (Phi) is 3.71. The second-order valence-corrected chi connectivity index (χ2v) is 4.55. The number of hydrogen-bond donors (Lipinski definition) is 1. The molecule has 1 saturated heterocycles. The van der Waals surface area contributed by atoms with Crippen LogP contribution in [0.5, 0.6) is 0 Å². The van der Waals surface area contributed by atoms with Crippen molar-refractivity contribution in [1.82, 2.24) is 4.90 Å². The first-order chi connectivity index (χ1) is 5.99. The average Bonchev–Trinajstić information content (AvgIpc) is 2.09. The zero-order chi connectivity index (χ0) is 9.90. The summed E-state index contributed by atoms with van der Waals surface area (Å²) in [6.45, 7) is 9.59. The van der Waals surface area contributed by atoms with Crippen molar-refractivity contribution in [2.24, 2.45) is 0 Å². The topological polar surface area (TPSA) is 32.7 Å². The predicted molar refractivity (Wildman–Crippen MR) is 52.8 cm³/mol. The van der Waals surface area contributed by atoms with E-state index < -0.39 is 0 Å². The van der Waals surface area contributed by atoms with Crippen molar-refractivity contribution in [2.75, 3.05) is 26.2 Å². The molecule has 0 aromatic carbocycles. The van der Waals surface area contributed by atoms with Gasteiger partial charge in [-0.15, -0.1) is 0 Å². The second-order valence-electron chi connectivity index (χ2n) is 4.55. The molecule has 1 N–H and O–H groups in total. The van der Waals surface area contributed by atoms with Crippen LogP contribution in [0.3, 0.4) is 0 Å². The molecule has 0 radical (unpaired) electrons. The molecule has 0 saturated carbocycles. The summed E-state index contributed by atoms with van der Waals surface area (Å²) >= 11 is 0. The molecule has 3 heteroatoms. The lowest BCUT2D eigenvalue weighted by Gasteiger charge is -2.29. The van der Waals surface area contributed by atoms with Crippen LogP contribution in [0.25, 0.3) is 0 Å². The van der Waals surface area contributed by atoms with Gasteiger partial charge in [0.25, 0.3) is 0 Å². The third-order valence-corrected chi connectivity index (χ3v) is 2.24. The number of β-amino-alcohol motifs (C(OH)–C–C–N with tert-alkyl or cyclic N) is 1. The Balaban J connectivity index is 2.45. The summed E-state index contributed by atoms with van der Waals surface area (Å²) < 4.78 is 5.68. The summed E-state index contributed by atoms with van der Waals surface area (Å²) in [7, 11) is 0. The van der Waals surface area contributed by atoms with Gasteiger partial charge in [0, 0.05) is 26.2 Å². The van der Waals surface area contributed by atoms with Crippen LogP contribution in [0.1, 0.15) is 27.2 Å². The van der Waals surface area contributed by atoms with E-state index in [4.69, 9.17) is 4.74 Å². The fourth-order valence-electron chi connectivity index (χ4n) is 1.83. The van der Waals surface area contributed by atoms with Gasteiger partial charge < -0.3 is 9.84 Å². The van der Waals surface area contributed by atoms with Gasteiger partial charge in [0.15, 0.2) is 0 Å². The van der Waals surface area contributed by atoms with E-state index in [0.29, 0.717) is 0 Å². The molecule has 3 nitrogen and oxygen atoms in total. The average molecular weight is 187 g/mol. The maximum atomic E-state index is 9.28. The number of rotatable bonds is 2. The summed E-state index contributed by atoms with van der Waals surface area (Å²) in [4.78, 5) is 2.28. The number of hydrogen-bond acceptors (Lipinski definition) is 3. The summed E-state index contributed by atoms with van der Waals surface area (Å²) in [5, 5.41) is 9.28. The summed E-state index contributed by atoms with van der Waals surface area (Å²) in [6.07, 6.45) is 0.824. The van der Waals surface area contributed by atoms with E-state index in [0.717, 1.165) is 32.7 Å². The molecule has 1 aliphatic heterocycles. The van der Waals surface area contributed by atoms with Crippen molar-refractivity contribution < 1.29 is 9.84 Å². The lowest BCUT2D eigenvalue weighted by atomic mass is 10.1. The van der Waals surface area contributed by atoms with Crippen molar-refractivity contribution in [2.45, 2.75) is 38.9 Å². The molecule has 0 aliphatic carbocycles. The van der Waals surface area contributed by atoms with Gasteiger partial charge >= 0.3 is 0 Å². The highest BCUT2D eigenvalue weighted by molar-refractivity contribution is 4.78. The molecule has 1 aliphatic rings. The van der Waals surface area contributed by atoms with Crippen LogP contribution in [0.4, 0.5) is 0 Å². The maximum absolute atomic E-state index is 9.28. The zero-order valence-electron chi connectivity index (χ0n) is 8.92. The van der Waals surface area contributed by atoms with Gasteiger partial charge in [-0.1, -0.05) is 0 Å². The number of aliphatic hydroxyl groups is 1. The van der Waals surface area contributed by atoms with Crippen molar-refractivity contribution in [3.8, 4) is 0 Å². The van der Waals surface area contributed by atoms with Crippen molar-refractivity contribution in [3.05, 3.63) is 0 Å². The molecule has 13 heavy (non-hydrogen) atoms. The van der Waals surface area contributed by atoms with E-state index >= 15 is 0 Å². The first-order valence-corrected chi connectivity index (χ1v) is 5.04. The molecule has 78 valence electrons. The van der Waals surface area contributed by atoms with E-state index in [9.17, 15) is 5.11 Å². The Morgan fingerprint density at radius 2 is 2.23 bits per heavy atom. The molecule has 1 atom stereocenters. The fraction of sp³-hybridized carbons (Fsp3) is 1.00. The molecule has 1 heterocycles. The fourth-order valence-corrected chi connectivity index (χ4v) is 1.83. The maximum Gasteiger partial charge on any atom is 0.0752 e. The molecule has 0 amide bonds. The van der Waals surface area contributed by atoms with Crippen LogP contribution in [-0.4, -0.2) is 48.0 Å². The quantitative estimate of drug-likeness (QED) is 0.696. The molecular formula is C10H21NO2. The van der Waals surface area contributed by atoms with Crippen molar-refractivity contribution >= 4 is 0 Å². The predicted octanol–water partition coefficient (Wildman–Crippen LogP) is 0.868. The van der Waals surface area contributed by atoms with Gasteiger partial charge in [-0.3, -0.25) is 4.90 Å². The largest absolute Gasteiger partial charge is 0.392 e. The Morgan fingerprint density at radius 3 is 2.85 bits per heavy atom. The monoisotopic (exact) mass is 187 g/mol. The lowest BCUT2D eigenvalue weighted by Crippen LogP contribution is -2.41. The van der Waals surface area contributed by atoms with Crippen molar-refractivity contribution in [3.63, 3.8) is 0 Å². The third kappa shape index (κ3) is 4.07. The van der Waals surface area contributed by atoms with Crippen LogP contribution in [0, 0.1) is 0 Å². The normalized spacial score (nSPS) is 26.8. The third-order valence-electron chi connectivity index (χ3n) is 2.24. The molecular weight excluding hydrogens is 166 g/mol. The van der Waals surface area contributed by atoms with Crippen LogP contribution >= 0.6 is 0 Å². The van der Waals surface area contributed by atoms with E-state index in [1.165, 1.54) is 0 Å². The smallest absolute Gasteiger partial charge is 0.0752 e. The van der Waals surface area contributed by atoms with Gasteiger partial charge in [-0.25, -0.2) is 0 Å². The minimum atomic E-state index is -0.242. The standard InChI is InChI=1S/C10H21NO2/c1-9(12)7-11-5-4-6-13-10(2,3)8-11/h9,12H,4-8H2,1-3H3/t9-/m1/s1. The first kappa shape index (κ1) is 11.0. The Hall–Kier alpha value is -0.120. The van der Waals surface area contributed by atoms with E-state index in [2.05, 4.69) is 18.7 Å². The van der Waals surface area contributed by atoms with Gasteiger partial charge in [-0.05, 0) is 27.2 Å². The summed E-state index contributed by atoms with van der Waals surface area (Å²) in [6, 6.07) is 0. The Bertz CT molecular complexity index is 157. The lowest BCUT2D eigenvalue weighted by molar-refractivity contribution is -0.0208. The zero-order valence-corrected chi connectivity index (χ0v) is 8.92. The second kappa shape index (κ2) is 4.40. The minimum absolute atomic E-state index is 0.0641. The number of aliphatic hydroxyl groups excluding tert-OH is 1.